The van der Waals surface area contributed by atoms with E-state index in [1.54, 1.807) is 18.2 Å². The molecule has 0 amide bonds. The Morgan fingerprint density at radius 1 is 0.939 bits per heavy atom. The van der Waals surface area contributed by atoms with Crippen molar-refractivity contribution in [2.75, 3.05) is 18.5 Å². The Morgan fingerprint density at radius 2 is 1.64 bits per heavy atom. The van der Waals surface area contributed by atoms with E-state index in [1.165, 1.54) is 0 Å². The van der Waals surface area contributed by atoms with Crippen molar-refractivity contribution in [3.05, 3.63) is 83.9 Å². The fourth-order valence-electron chi connectivity index (χ4n) is 3.30. The molecule has 0 heterocycles. The number of nitriles is 1. The molecule has 0 spiro atoms. The molecule has 0 saturated heterocycles. The number of nitrogens with one attached hydrogen (secondary N) is 1. The van der Waals surface area contributed by atoms with Gasteiger partial charge in [0.15, 0.2) is 0 Å². The molecule has 0 aliphatic rings. The predicted molar refractivity (Wildman–Crippen MR) is 133 cm³/mol. The minimum absolute atomic E-state index is 0.250. The molecule has 0 atom stereocenters. The molecular weight excluding hydrogens is 430 g/mol. The standard InChI is InChI=1S/C27H27N3O2S/c1-27(2,3)29-33(31,32)26-13-6-5-12-25(26)23-16-14-21(15-17-23)10-8-18-30(4)24-11-7-9-22(19-24)20-28/h5-7,9,11-17,19,29H,18H2,1-4H3. The van der Waals surface area contributed by atoms with Crippen LogP contribution in [-0.4, -0.2) is 27.5 Å². The first kappa shape index (κ1) is 24.1. The van der Waals surface area contributed by atoms with Gasteiger partial charge in [-0.3, -0.25) is 0 Å². The lowest BCUT2D eigenvalue weighted by atomic mass is 10.0. The Bertz CT molecular complexity index is 1340. The topological polar surface area (TPSA) is 73.2 Å². The zero-order chi connectivity index (χ0) is 24.1. The molecule has 5 nitrogen and oxygen atoms in total. The lowest BCUT2D eigenvalue weighted by Gasteiger charge is -2.21. The first-order valence-corrected chi connectivity index (χ1v) is 12.0. The second kappa shape index (κ2) is 9.92. The smallest absolute Gasteiger partial charge is 0.241 e. The fourth-order valence-corrected chi connectivity index (χ4v) is 4.94. The van der Waals surface area contributed by atoms with Crippen LogP contribution in [0, 0.1) is 23.2 Å². The van der Waals surface area contributed by atoms with E-state index in [2.05, 4.69) is 22.6 Å². The maximum Gasteiger partial charge on any atom is 0.241 e. The summed E-state index contributed by atoms with van der Waals surface area (Å²) in [6, 6.07) is 24.1. The summed E-state index contributed by atoms with van der Waals surface area (Å²) in [4.78, 5) is 2.23. The third-order valence-electron chi connectivity index (χ3n) is 4.78. The maximum absolute atomic E-state index is 12.9. The summed E-state index contributed by atoms with van der Waals surface area (Å²) in [5.41, 5.74) is 3.26. The van der Waals surface area contributed by atoms with Crippen molar-refractivity contribution in [2.45, 2.75) is 31.2 Å². The normalized spacial score (nSPS) is 11.2. The van der Waals surface area contributed by atoms with Crippen LogP contribution in [0.2, 0.25) is 0 Å². The molecule has 0 radical (unpaired) electrons. The van der Waals surface area contributed by atoms with Crippen molar-refractivity contribution >= 4 is 15.7 Å². The van der Waals surface area contributed by atoms with Crippen LogP contribution in [0.3, 0.4) is 0 Å². The van der Waals surface area contributed by atoms with Crippen LogP contribution in [0.4, 0.5) is 5.69 Å². The average Bonchev–Trinajstić information content (AvgIpc) is 2.78. The second-order valence-electron chi connectivity index (χ2n) is 8.75. The van der Waals surface area contributed by atoms with Gasteiger partial charge in [0.2, 0.25) is 10.0 Å². The van der Waals surface area contributed by atoms with Crippen molar-refractivity contribution in [3.63, 3.8) is 0 Å². The number of hydrogen-bond donors (Lipinski definition) is 1. The van der Waals surface area contributed by atoms with Crippen LogP contribution < -0.4 is 9.62 Å². The average molecular weight is 458 g/mol. The fraction of sp³-hybridized carbons (Fsp3) is 0.222. The number of sulfonamides is 1. The zero-order valence-corrected chi connectivity index (χ0v) is 20.1. The Hall–Kier alpha value is -3.58. The molecule has 0 aliphatic heterocycles. The molecule has 0 aromatic heterocycles. The molecule has 3 rings (SSSR count). The maximum atomic E-state index is 12.9. The van der Waals surface area contributed by atoms with Gasteiger partial charge in [0.25, 0.3) is 0 Å². The molecule has 1 N–H and O–H groups in total. The highest BCUT2D eigenvalue weighted by atomic mass is 32.2. The van der Waals surface area contributed by atoms with E-state index >= 15 is 0 Å². The summed E-state index contributed by atoms with van der Waals surface area (Å²) in [5, 5.41) is 9.05. The van der Waals surface area contributed by atoms with Crippen LogP contribution in [0.1, 0.15) is 31.9 Å². The number of hydrogen-bond acceptors (Lipinski definition) is 4. The lowest BCUT2D eigenvalue weighted by Crippen LogP contribution is -2.40. The summed E-state index contributed by atoms with van der Waals surface area (Å²) in [5.74, 6) is 6.29. The molecule has 33 heavy (non-hydrogen) atoms. The molecule has 0 bridgehead atoms. The van der Waals surface area contributed by atoms with E-state index in [0.717, 1.165) is 16.8 Å². The summed E-state index contributed by atoms with van der Waals surface area (Å²) < 4.78 is 28.6. The van der Waals surface area contributed by atoms with E-state index in [0.29, 0.717) is 17.7 Å². The van der Waals surface area contributed by atoms with E-state index in [1.807, 2.05) is 87.3 Å². The summed E-state index contributed by atoms with van der Waals surface area (Å²) in [6.07, 6.45) is 0. The molecule has 168 valence electrons. The van der Waals surface area contributed by atoms with Crippen molar-refractivity contribution in [1.82, 2.24) is 4.72 Å². The van der Waals surface area contributed by atoms with Crippen molar-refractivity contribution < 1.29 is 8.42 Å². The number of nitrogens with zero attached hydrogens (tertiary/aromatic N) is 2. The van der Waals surface area contributed by atoms with Crippen molar-refractivity contribution in [1.29, 1.82) is 5.26 Å². The Balaban J connectivity index is 1.78. The molecule has 0 unspecified atom stereocenters. The number of anilines is 1. The Morgan fingerprint density at radius 3 is 2.30 bits per heavy atom. The van der Waals surface area contributed by atoms with Gasteiger partial charge in [0, 0.05) is 29.4 Å². The molecule has 3 aromatic rings. The highest BCUT2D eigenvalue weighted by Crippen LogP contribution is 2.28. The zero-order valence-electron chi connectivity index (χ0n) is 19.3. The molecule has 0 fully saturated rings. The van der Waals surface area contributed by atoms with Crippen molar-refractivity contribution in [2.24, 2.45) is 0 Å². The summed E-state index contributed by atoms with van der Waals surface area (Å²) >= 11 is 0. The van der Waals surface area contributed by atoms with Gasteiger partial charge in [-0.05, 0) is 62.7 Å². The number of rotatable bonds is 5. The van der Waals surface area contributed by atoms with Gasteiger partial charge in [-0.15, -0.1) is 0 Å². The predicted octanol–water partition coefficient (Wildman–Crippen LogP) is 4.79. The van der Waals surface area contributed by atoms with Crippen LogP contribution >= 0.6 is 0 Å². The highest BCUT2D eigenvalue weighted by molar-refractivity contribution is 7.89. The van der Waals surface area contributed by atoms with E-state index in [9.17, 15) is 8.42 Å². The molecule has 0 saturated carbocycles. The van der Waals surface area contributed by atoms with Gasteiger partial charge in [0.05, 0.1) is 23.1 Å². The molecule has 6 heteroatoms. The van der Waals surface area contributed by atoms with E-state index in [4.69, 9.17) is 5.26 Å². The second-order valence-corrected chi connectivity index (χ2v) is 10.4. The van der Waals surface area contributed by atoms with Crippen LogP contribution in [0.15, 0.2) is 77.7 Å². The summed E-state index contributed by atoms with van der Waals surface area (Å²) in [7, 11) is -1.74. The summed E-state index contributed by atoms with van der Waals surface area (Å²) in [6.45, 7) is 5.96. The quantitative estimate of drug-likeness (QED) is 0.559. The Labute approximate surface area is 196 Å². The van der Waals surface area contributed by atoms with E-state index in [-0.39, 0.29) is 4.90 Å². The van der Waals surface area contributed by atoms with Gasteiger partial charge in [-0.25, -0.2) is 13.1 Å². The van der Waals surface area contributed by atoms with Crippen LogP contribution in [-0.2, 0) is 10.0 Å². The number of benzene rings is 3. The van der Waals surface area contributed by atoms with E-state index < -0.39 is 15.6 Å². The lowest BCUT2D eigenvalue weighted by molar-refractivity contribution is 0.491. The van der Waals surface area contributed by atoms with Gasteiger partial charge < -0.3 is 4.90 Å². The Kier molecular flexibility index (Phi) is 7.23. The monoisotopic (exact) mass is 457 g/mol. The highest BCUT2D eigenvalue weighted by Gasteiger charge is 2.24. The first-order chi connectivity index (χ1) is 15.6. The van der Waals surface area contributed by atoms with Crippen molar-refractivity contribution in [3.8, 4) is 29.0 Å². The largest absolute Gasteiger partial charge is 0.363 e. The third kappa shape index (κ3) is 6.46. The minimum atomic E-state index is -3.67. The minimum Gasteiger partial charge on any atom is -0.363 e. The molecule has 0 aliphatic carbocycles. The first-order valence-electron chi connectivity index (χ1n) is 10.5. The van der Waals surface area contributed by atoms with Gasteiger partial charge in [0.1, 0.15) is 0 Å². The third-order valence-corrected chi connectivity index (χ3v) is 6.59. The molecule has 3 aromatic carbocycles. The SMILES string of the molecule is CN(CC#Cc1ccc(-c2ccccc2S(=O)(=O)NC(C)(C)C)cc1)c1cccc(C#N)c1. The van der Waals surface area contributed by atoms with Crippen LogP contribution in [0.5, 0.6) is 0 Å². The van der Waals surface area contributed by atoms with Gasteiger partial charge in [-0.1, -0.05) is 48.2 Å². The van der Waals surface area contributed by atoms with Gasteiger partial charge in [-0.2, -0.15) is 5.26 Å². The molecular formula is C27H27N3O2S. The van der Waals surface area contributed by atoms with Crippen LogP contribution in [0.25, 0.3) is 11.1 Å². The van der Waals surface area contributed by atoms with Gasteiger partial charge >= 0.3 is 0 Å².